The molecule has 20 heavy (non-hydrogen) atoms. The van der Waals surface area contributed by atoms with Crippen LogP contribution in [-0.4, -0.2) is 16.9 Å². The zero-order chi connectivity index (χ0) is 14.7. The largest absolute Gasteiger partial charge is 0.496 e. The van der Waals surface area contributed by atoms with Gasteiger partial charge in [-0.05, 0) is 26.3 Å². The summed E-state index contributed by atoms with van der Waals surface area (Å²) < 4.78 is 7.41. The van der Waals surface area contributed by atoms with Gasteiger partial charge in [0.15, 0.2) is 0 Å². The van der Waals surface area contributed by atoms with Gasteiger partial charge in [0, 0.05) is 22.9 Å². The van der Waals surface area contributed by atoms with E-state index in [0.717, 1.165) is 29.1 Å². The standard InChI is InChI=1S/C16H23N3O/c1-5-14(17)16-11(2)18-19(12(16)3)10-13-8-6-7-9-15(13)20-4/h6-9,14H,5,10,17H2,1-4H3. The molecule has 0 spiro atoms. The van der Waals surface area contributed by atoms with E-state index >= 15 is 0 Å². The second-order valence-electron chi connectivity index (χ2n) is 5.07. The van der Waals surface area contributed by atoms with Crippen molar-refractivity contribution in [2.75, 3.05) is 7.11 Å². The van der Waals surface area contributed by atoms with Gasteiger partial charge in [-0.3, -0.25) is 4.68 Å². The van der Waals surface area contributed by atoms with Crippen LogP contribution in [0.2, 0.25) is 0 Å². The van der Waals surface area contributed by atoms with E-state index in [1.807, 2.05) is 29.8 Å². The fourth-order valence-corrected chi connectivity index (χ4v) is 2.60. The van der Waals surface area contributed by atoms with Crippen LogP contribution in [0.25, 0.3) is 0 Å². The van der Waals surface area contributed by atoms with E-state index in [4.69, 9.17) is 10.5 Å². The van der Waals surface area contributed by atoms with E-state index in [1.54, 1.807) is 7.11 Å². The Balaban J connectivity index is 2.35. The van der Waals surface area contributed by atoms with Crippen molar-refractivity contribution in [2.24, 2.45) is 5.73 Å². The van der Waals surface area contributed by atoms with Crippen LogP contribution in [0.1, 0.15) is 41.9 Å². The average molecular weight is 273 g/mol. The maximum atomic E-state index is 6.18. The fourth-order valence-electron chi connectivity index (χ4n) is 2.60. The maximum absolute atomic E-state index is 6.18. The number of para-hydroxylation sites is 1. The minimum absolute atomic E-state index is 0.0569. The first-order chi connectivity index (χ1) is 9.58. The Hall–Kier alpha value is -1.81. The highest BCUT2D eigenvalue weighted by molar-refractivity contribution is 5.35. The molecule has 0 aliphatic heterocycles. The van der Waals surface area contributed by atoms with Crippen molar-refractivity contribution in [1.82, 2.24) is 9.78 Å². The Kier molecular flexibility index (Phi) is 4.45. The molecule has 4 heteroatoms. The molecule has 1 unspecified atom stereocenters. The lowest BCUT2D eigenvalue weighted by molar-refractivity contribution is 0.407. The van der Waals surface area contributed by atoms with Crippen molar-refractivity contribution >= 4 is 0 Å². The van der Waals surface area contributed by atoms with Crippen molar-refractivity contribution in [3.05, 3.63) is 46.8 Å². The van der Waals surface area contributed by atoms with Crippen LogP contribution in [0.4, 0.5) is 0 Å². The molecule has 0 radical (unpaired) electrons. The topological polar surface area (TPSA) is 53.1 Å². The summed E-state index contributed by atoms with van der Waals surface area (Å²) in [5.74, 6) is 0.890. The summed E-state index contributed by atoms with van der Waals surface area (Å²) in [6.45, 7) is 6.91. The van der Waals surface area contributed by atoms with E-state index in [-0.39, 0.29) is 6.04 Å². The van der Waals surface area contributed by atoms with Crippen LogP contribution in [0, 0.1) is 13.8 Å². The highest BCUT2D eigenvalue weighted by Gasteiger charge is 2.17. The number of rotatable bonds is 5. The van der Waals surface area contributed by atoms with E-state index in [9.17, 15) is 0 Å². The summed E-state index contributed by atoms with van der Waals surface area (Å²) in [6.07, 6.45) is 0.919. The third-order valence-corrected chi connectivity index (χ3v) is 3.76. The molecular formula is C16H23N3O. The average Bonchev–Trinajstić information content (AvgIpc) is 2.73. The van der Waals surface area contributed by atoms with Crippen LogP contribution >= 0.6 is 0 Å². The molecule has 0 bridgehead atoms. The second-order valence-corrected chi connectivity index (χ2v) is 5.07. The van der Waals surface area contributed by atoms with Gasteiger partial charge in [0.1, 0.15) is 5.75 Å². The van der Waals surface area contributed by atoms with Gasteiger partial charge >= 0.3 is 0 Å². The van der Waals surface area contributed by atoms with Gasteiger partial charge < -0.3 is 10.5 Å². The Bertz CT molecular complexity index is 589. The molecule has 1 atom stereocenters. The Labute approximate surface area is 120 Å². The number of hydrogen-bond acceptors (Lipinski definition) is 3. The molecule has 0 saturated heterocycles. The molecular weight excluding hydrogens is 250 g/mol. The predicted octanol–water partition coefficient (Wildman–Crippen LogP) is 2.97. The minimum Gasteiger partial charge on any atom is -0.496 e. The molecule has 4 nitrogen and oxygen atoms in total. The van der Waals surface area contributed by atoms with Gasteiger partial charge in [-0.1, -0.05) is 25.1 Å². The summed E-state index contributed by atoms with van der Waals surface area (Å²) in [6, 6.07) is 8.08. The zero-order valence-electron chi connectivity index (χ0n) is 12.7. The van der Waals surface area contributed by atoms with Crippen LogP contribution < -0.4 is 10.5 Å². The molecule has 0 aliphatic carbocycles. The van der Waals surface area contributed by atoms with Gasteiger partial charge in [0.2, 0.25) is 0 Å². The molecule has 0 fully saturated rings. The van der Waals surface area contributed by atoms with Gasteiger partial charge in [-0.2, -0.15) is 5.10 Å². The van der Waals surface area contributed by atoms with Gasteiger partial charge in [0.05, 0.1) is 19.3 Å². The SMILES string of the molecule is CCC(N)c1c(C)nn(Cc2ccccc2OC)c1C. The number of methoxy groups -OCH3 is 1. The lowest BCUT2D eigenvalue weighted by atomic mass is 10.0. The lowest BCUT2D eigenvalue weighted by Crippen LogP contribution is -2.11. The predicted molar refractivity (Wildman–Crippen MR) is 81.0 cm³/mol. The number of nitrogens with two attached hydrogens (primary N) is 1. The van der Waals surface area contributed by atoms with Crippen molar-refractivity contribution in [3.8, 4) is 5.75 Å². The summed E-state index contributed by atoms with van der Waals surface area (Å²) in [5.41, 5.74) is 10.6. The Morgan fingerprint density at radius 2 is 2.00 bits per heavy atom. The van der Waals surface area contributed by atoms with Crippen molar-refractivity contribution in [3.63, 3.8) is 0 Å². The third-order valence-electron chi connectivity index (χ3n) is 3.76. The number of ether oxygens (including phenoxy) is 1. The lowest BCUT2D eigenvalue weighted by Gasteiger charge is -2.12. The summed E-state index contributed by atoms with van der Waals surface area (Å²) in [5, 5.41) is 4.63. The molecule has 108 valence electrons. The van der Waals surface area contributed by atoms with Gasteiger partial charge in [0.25, 0.3) is 0 Å². The number of nitrogens with zero attached hydrogens (tertiary/aromatic N) is 2. The van der Waals surface area contributed by atoms with Crippen LogP contribution in [0.5, 0.6) is 5.75 Å². The molecule has 0 amide bonds. The summed E-state index contributed by atoms with van der Waals surface area (Å²) in [7, 11) is 1.69. The Morgan fingerprint density at radius 3 is 2.65 bits per heavy atom. The summed E-state index contributed by atoms with van der Waals surface area (Å²) >= 11 is 0. The van der Waals surface area contributed by atoms with E-state index in [1.165, 1.54) is 5.56 Å². The second kappa shape index (κ2) is 6.09. The molecule has 2 rings (SSSR count). The van der Waals surface area contributed by atoms with Crippen molar-refractivity contribution in [2.45, 2.75) is 39.8 Å². The molecule has 1 heterocycles. The molecule has 0 saturated carbocycles. The first kappa shape index (κ1) is 14.6. The molecule has 2 aromatic rings. The van der Waals surface area contributed by atoms with Crippen LogP contribution in [0.3, 0.4) is 0 Å². The molecule has 2 N–H and O–H groups in total. The van der Waals surface area contributed by atoms with Crippen LogP contribution in [0.15, 0.2) is 24.3 Å². The first-order valence-electron chi connectivity index (χ1n) is 6.99. The smallest absolute Gasteiger partial charge is 0.123 e. The number of hydrogen-bond donors (Lipinski definition) is 1. The normalized spacial score (nSPS) is 12.4. The van der Waals surface area contributed by atoms with Gasteiger partial charge in [-0.25, -0.2) is 0 Å². The molecule has 0 aliphatic rings. The highest BCUT2D eigenvalue weighted by Crippen LogP contribution is 2.24. The minimum atomic E-state index is 0.0569. The number of aryl methyl sites for hydroxylation is 1. The Morgan fingerprint density at radius 1 is 1.30 bits per heavy atom. The van der Waals surface area contributed by atoms with Gasteiger partial charge in [-0.15, -0.1) is 0 Å². The highest BCUT2D eigenvalue weighted by atomic mass is 16.5. The molecule has 1 aromatic carbocycles. The maximum Gasteiger partial charge on any atom is 0.123 e. The molecule has 1 aromatic heterocycles. The monoisotopic (exact) mass is 273 g/mol. The van der Waals surface area contributed by atoms with E-state index < -0.39 is 0 Å². The third kappa shape index (κ3) is 2.70. The fraction of sp³-hybridized carbons (Fsp3) is 0.438. The zero-order valence-corrected chi connectivity index (χ0v) is 12.7. The summed E-state index contributed by atoms with van der Waals surface area (Å²) in [4.78, 5) is 0. The quantitative estimate of drug-likeness (QED) is 0.911. The van der Waals surface area contributed by atoms with Crippen LogP contribution in [-0.2, 0) is 6.54 Å². The number of aromatic nitrogens is 2. The number of benzene rings is 1. The van der Waals surface area contributed by atoms with E-state index in [0.29, 0.717) is 6.54 Å². The van der Waals surface area contributed by atoms with Crippen molar-refractivity contribution in [1.29, 1.82) is 0 Å². The van der Waals surface area contributed by atoms with Crippen molar-refractivity contribution < 1.29 is 4.74 Å². The first-order valence-corrected chi connectivity index (χ1v) is 6.99. The van der Waals surface area contributed by atoms with E-state index in [2.05, 4.69) is 25.0 Å².